The number of aromatic nitrogens is 8. The average Bonchev–Trinajstić information content (AvgIpc) is 1.61. The second-order valence-corrected chi connectivity index (χ2v) is 29.1. The minimum Gasteiger partial charge on any atom is -0.424 e. The lowest BCUT2D eigenvalue weighted by Gasteiger charge is -2.32. The number of nitrogen functional groups attached to an aromatic ring is 1. The van der Waals surface area contributed by atoms with E-state index in [2.05, 4.69) is 78.0 Å². The normalized spacial score (nSPS) is 12.7. The molecule has 16 aromatic rings. The van der Waals surface area contributed by atoms with Gasteiger partial charge in [-0.2, -0.15) is 15.0 Å². The Labute approximate surface area is 719 Å². The number of anilines is 8. The van der Waals surface area contributed by atoms with Crippen molar-refractivity contribution in [1.29, 1.82) is 0 Å². The summed E-state index contributed by atoms with van der Waals surface area (Å²) in [6, 6.07) is 39.3. The number of rotatable bonds is 16. The van der Waals surface area contributed by atoms with Crippen LogP contribution in [0.15, 0.2) is 181 Å². The first kappa shape index (κ1) is 94.1. The first-order valence-electron chi connectivity index (χ1n) is 38.3. The lowest BCUT2D eigenvalue weighted by molar-refractivity contribution is -0.115. The largest absolute Gasteiger partial charge is 0.494 e. The minimum atomic E-state index is -1.57. The van der Waals surface area contributed by atoms with Gasteiger partial charge in [-0.25, -0.2) is 0 Å². The molecule has 2 fully saturated rings. The van der Waals surface area contributed by atoms with E-state index in [4.69, 9.17) is 121 Å². The summed E-state index contributed by atoms with van der Waals surface area (Å²) >= 11 is 0. The van der Waals surface area contributed by atoms with Crippen molar-refractivity contribution in [3.8, 4) is 0 Å². The van der Waals surface area contributed by atoms with Gasteiger partial charge in [0, 0.05) is 53.4 Å². The molecule has 51 heteroatoms. The smallest absolute Gasteiger partial charge is 0.424 e. The highest BCUT2D eigenvalue weighted by Gasteiger charge is 2.52. The molecule has 23 N–H and O–H groups in total. The van der Waals surface area contributed by atoms with Gasteiger partial charge in [-0.05, 0) is 176 Å². The second-order valence-electron chi connectivity index (χ2n) is 29.1. The molecule has 8 aromatic heterocycles. The fourth-order valence-corrected chi connectivity index (χ4v) is 11.7. The summed E-state index contributed by atoms with van der Waals surface area (Å²) in [5, 5.41) is 167. The van der Waals surface area contributed by atoms with Crippen molar-refractivity contribution in [2.24, 2.45) is 0 Å². The number of hydrogen-bond acceptors (Lipinski definition) is 40. The molecule has 1 saturated carbocycles. The van der Waals surface area contributed by atoms with Crippen LogP contribution in [0.25, 0.3) is 88.1 Å². The molecule has 0 radical (unpaired) electrons. The van der Waals surface area contributed by atoms with E-state index < -0.39 is 49.0 Å². The van der Waals surface area contributed by atoms with E-state index in [0.29, 0.717) is 128 Å². The van der Waals surface area contributed by atoms with Gasteiger partial charge in [0.25, 0.3) is 6.01 Å². The monoisotopic (exact) mass is 1740 g/mol. The van der Waals surface area contributed by atoms with Crippen molar-refractivity contribution in [2.45, 2.75) is 91.8 Å². The molecule has 44 nitrogen and oxygen atoms in total. The van der Waals surface area contributed by atoms with Gasteiger partial charge in [0.1, 0.15) is 16.6 Å². The predicted molar refractivity (Wildman–Crippen MR) is 471 cm³/mol. The molecule has 4 amide bonds. The molecular weight excluding hydrogens is 1660 g/mol. The van der Waals surface area contributed by atoms with Gasteiger partial charge in [0.2, 0.25) is 23.6 Å². The molecular formula is C76H83B7N16O28. The van der Waals surface area contributed by atoms with Gasteiger partial charge < -0.3 is 148 Å². The zero-order chi connectivity index (χ0) is 92.0. The van der Waals surface area contributed by atoms with Gasteiger partial charge in [-0.3, -0.25) is 29.8 Å². The maximum absolute atomic E-state index is 10.9. The summed E-state index contributed by atoms with van der Waals surface area (Å²) in [4.78, 5) is 55.1. The standard InChI is InChI=1S/C14H19BN2O3.C10H11BN2O3.C10H10N2O4.3C9H9BN2O4.C8H9BN2O3.C7H7BN2O3/c1-13(2)14(3,4)20-15(19-13)9-6-7-11-10(8-9)12(16-5)17-18-11;14-11(15)6-1-4-9-8(5-6)10(13-16-9)12-7-2-3-7;1-5(13)11-9-7-3-2-6(10(14)15)4-8(7)16-12-9;1-5(13)11-9-12-7-4-6(10(14)15)2-3-8(7)16-9;1-5(13)11-9-7-4-6(10(14)15)2-3-8(7)16-12-9;1-5(13)11-9-12-7-3-2-6(10(14)15)4-8(7)16-9;1-10-8-6-4-5(9(12)13)2-3-7(6)14-11-8;9-7-10-5-3-4(8(11)12)1-2-6(5)13-7/h6-8H,1-5H3,(H,16,17);1,4-5,7,14-15H,2-3H2,(H,12,13);2-4,10,14-15H,1H3,(H,11,12,13);3*2-4,14-15H,1H3,(H,11,12,13);2-4,12-13H,1H3,(H,10,11);1-3,11-12H,(H2,9,10). The summed E-state index contributed by atoms with van der Waals surface area (Å²) < 4.78 is 52.8. The van der Waals surface area contributed by atoms with E-state index in [1.165, 1.54) is 88.4 Å². The quantitative estimate of drug-likeness (QED) is 0.0449. The van der Waals surface area contributed by atoms with E-state index in [9.17, 15) is 19.2 Å². The third-order valence-corrected chi connectivity index (χ3v) is 18.9. The van der Waals surface area contributed by atoms with Crippen molar-refractivity contribution in [3.05, 3.63) is 151 Å². The number of aliphatic hydroxyl groups excluding tert-OH is 1. The fraction of sp³-hybridized carbons (Fsp3) is 0.211. The summed E-state index contributed by atoms with van der Waals surface area (Å²) in [6.45, 7) is 13.6. The van der Waals surface area contributed by atoms with Gasteiger partial charge in [0.05, 0.1) is 38.1 Å². The summed E-state index contributed by atoms with van der Waals surface area (Å²) in [7, 11) is -5.94. The number of carbonyl (C=O) groups excluding carboxylic acids is 4. The van der Waals surface area contributed by atoms with Crippen molar-refractivity contribution in [2.75, 3.05) is 57.0 Å². The van der Waals surface area contributed by atoms with Crippen LogP contribution in [0.2, 0.25) is 0 Å². The van der Waals surface area contributed by atoms with Crippen LogP contribution >= 0.6 is 0 Å². The summed E-state index contributed by atoms with van der Waals surface area (Å²) in [6.07, 6.45) is 0.742. The first-order chi connectivity index (χ1) is 60.2. The van der Waals surface area contributed by atoms with Crippen LogP contribution < -0.4 is 81.2 Å². The van der Waals surface area contributed by atoms with Crippen LogP contribution in [0.3, 0.4) is 0 Å². The third kappa shape index (κ3) is 24.3. The Balaban J connectivity index is 0.000000141. The molecule has 1 aliphatic carbocycles. The van der Waals surface area contributed by atoms with Gasteiger partial charge in [-0.15, -0.1) is 0 Å². The number of hydrogen-bond donors (Lipinski definition) is 22. The maximum atomic E-state index is 10.9. The van der Waals surface area contributed by atoms with Crippen LogP contribution in [0.4, 0.5) is 47.1 Å². The Morgan fingerprint density at radius 3 is 1.18 bits per heavy atom. The summed E-state index contributed by atoms with van der Waals surface area (Å²) in [5.41, 5.74) is 13.8. The molecule has 0 atom stereocenters. The maximum Gasteiger partial charge on any atom is 0.494 e. The molecule has 0 bridgehead atoms. The Kier molecular flexibility index (Phi) is 30.4. The van der Waals surface area contributed by atoms with Crippen LogP contribution in [0, 0.1) is 0 Å². The summed E-state index contributed by atoms with van der Waals surface area (Å²) in [5.74, 6) is 1.49. The molecule has 0 spiro atoms. The van der Waals surface area contributed by atoms with Crippen LogP contribution in [-0.2, 0) is 28.5 Å². The molecule has 2 aliphatic rings. The first-order valence-corrected chi connectivity index (χ1v) is 38.3. The average molecular weight is 1740 g/mol. The number of amides is 4. The van der Waals surface area contributed by atoms with E-state index in [-0.39, 0.29) is 65.8 Å². The molecule has 656 valence electrons. The van der Waals surface area contributed by atoms with Crippen LogP contribution in [0.1, 0.15) is 80.1 Å². The van der Waals surface area contributed by atoms with Gasteiger partial charge >= 0.3 is 61.9 Å². The van der Waals surface area contributed by atoms with E-state index in [1.807, 2.05) is 52.9 Å². The number of fused-ring (bicyclic) bond motifs is 8. The third-order valence-electron chi connectivity index (χ3n) is 18.9. The number of nitrogens with zero attached hydrogens (tertiary/aromatic N) is 8. The van der Waals surface area contributed by atoms with Crippen LogP contribution in [0.5, 0.6) is 0 Å². The van der Waals surface area contributed by atoms with Gasteiger partial charge in [0.15, 0.2) is 80.0 Å². The predicted octanol–water partition coefficient (Wildman–Crippen LogP) is 0.0571. The number of nitrogens with two attached hydrogens (primary N) is 1. The fourth-order valence-electron chi connectivity index (χ4n) is 11.7. The molecule has 8 aromatic carbocycles. The molecule has 127 heavy (non-hydrogen) atoms. The molecule has 0 unspecified atom stereocenters. The van der Waals surface area contributed by atoms with Crippen molar-refractivity contribution < 1.29 is 135 Å². The number of benzene rings is 8. The highest BCUT2D eigenvalue weighted by Crippen LogP contribution is 2.38. The Morgan fingerprint density at radius 2 is 0.740 bits per heavy atom. The lowest BCUT2D eigenvalue weighted by Crippen LogP contribution is -2.41. The molecule has 18 rings (SSSR count). The number of nitrogens with one attached hydrogen (secondary N) is 7. The van der Waals surface area contributed by atoms with Crippen molar-refractivity contribution in [1.82, 2.24) is 40.7 Å². The highest BCUT2D eigenvalue weighted by atomic mass is 16.7. The highest BCUT2D eigenvalue weighted by molar-refractivity contribution is 6.63. The number of oxazole rings is 3. The molecule has 1 aliphatic heterocycles. The number of aliphatic hydroxyl groups is 2. The van der Waals surface area contributed by atoms with Crippen molar-refractivity contribution >= 4 is 247 Å². The Bertz CT molecular complexity index is 6380. The molecule has 1 saturated heterocycles. The SMILES string of the molecule is CC(=O)Nc1nc2cc(B(O)O)ccc2o1.CC(=O)Nc1nc2ccc(B(O)O)cc2o1.CC(=O)Nc1noc2cc(C(O)O)ccc12.CC(=O)Nc1noc2ccc(B(O)O)cc12.CNc1noc2ccc(B(O)O)cc12.CNc1noc2ccc(B3OC(C)(C)C(C)(C)O3)cc12.Nc1nc2cc(B(O)O)ccc2o1.OB(O)c1ccc2onc(NC3CC3)c2c1. The van der Waals surface area contributed by atoms with E-state index in [1.54, 1.807) is 73.8 Å². The van der Waals surface area contributed by atoms with Crippen molar-refractivity contribution in [3.63, 3.8) is 0 Å². The molecule has 9 heterocycles. The zero-order valence-corrected chi connectivity index (χ0v) is 69.1. The second kappa shape index (κ2) is 41.0. The van der Waals surface area contributed by atoms with Crippen LogP contribution in [-0.4, -0.2) is 216 Å². The minimum absolute atomic E-state index is 0.0691. The zero-order valence-electron chi connectivity index (χ0n) is 69.1. The number of carbonyl (C=O) groups is 4. The van der Waals surface area contributed by atoms with Gasteiger partial charge in [-0.1, -0.05) is 74.3 Å². The Hall–Kier alpha value is -13.6. The van der Waals surface area contributed by atoms with E-state index in [0.717, 1.165) is 45.9 Å². The van der Waals surface area contributed by atoms with E-state index >= 15 is 0 Å². The Morgan fingerprint density at radius 1 is 0.386 bits per heavy atom. The topological polar surface area (TPSA) is 688 Å². The lowest BCUT2D eigenvalue weighted by atomic mass is 9.78.